The smallest absolute Gasteiger partial charge is 0.475 e. The molecule has 2 aliphatic heterocycles. The Morgan fingerprint density at radius 1 is 0.944 bits per heavy atom. The second-order valence-electron chi connectivity index (χ2n) is 11.4. The molecule has 0 spiro atoms. The van der Waals surface area contributed by atoms with Crippen molar-refractivity contribution in [1.29, 1.82) is 0 Å². The number of anilines is 5. The van der Waals surface area contributed by atoms with E-state index in [0.717, 1.165) is 22.5 Å². The number of carbonyl (C=O) groups excluding carboxylic acids is 2. The van der Waals surface area contributed by atoms with Gasteiger partial charge in [-0.15, -0.1) is 0 Å². The number of nitrogens with one attached hydrogen (secondary N) is 4. The number of fused-ring (bicyclic) bond motifs is 6. The lowest BCUT2D eigenvalue weighted by Gasteiger charge is -2.18. The maximum absolute atomic E-state index is 13.0. The monoisotopic (exact) mass is 787 g/mol. The van der Waals surface area contributed by atoms with E-state index < -0.39 is 24.3 Å². The highest BCUT2D eigenvalue weighted by Crippen LogP contribution is 2.29. The Morgan fingerprint density at radius 2 is 1.63 bits per heavy atom. The van der Waals surface area contributed by atoms with Gasteiger partial charge in [0.15, 0.2) is 11.5 Å². The van der Waals surface area contributed by atoms with Crippen molar-refractivity contribution < 1.29 is 60.3 Å². The number of likely N-dealkylation sites (tertiary alicyclic amines) is 1. The number of nitrogens with zero attached hydrogens (tertiary/aromatic N) is 5. The minimum atomic E-state index is -5.08. The number of hydrogen-bond acceptors (Lipinski definition) is 11. The van der Waals surface area contributed by atoms with E-state index in [2.05, 4.69) is 41.4 Å². The zero-order valence-electron chi connectivity index (χ0n) is 27.5. The van der Waals surface area contributed by atoms with Gasteiger partial charge in [-0.2, -0.15) is 31.3 Å². The average molecular weight is 788 g/mol. The van der Waals surface area contributed by atoms with Crippen molar-refractivity contribution in [3.63, 3.8) is 0 Å². The number of urea groups is 1. The van der Waals surface area contributed by atoms with Crippen molar-refractivity contribution in [2.24, 2.45) is 0 Å². The van der Waals surface area contributed by atoms with Gasteiger partial charge in [0.2, 0.25) is 5.95 Å². The average Bonchev–Trinajstić information content (AvgIpc) is 3.74. The maximum Gasteiger partial charge on any atom is 0.490 e. The maximum atomic E-state index is 13.0. The molecule has 4 aromatic rings. The molecule has 6 rings (SSSR count). The van der Waals surface area contributed by atoms with Gasteiger partial charge >= 0.3 is 30.3 Å². The van der Waals surface area contributed by atoms with Crippen LogP contribution in [0, 0.1) is 6.92 Å². The van der Waals surface area contributed by atoms with Gasteiger partial charge in [0.25, 0.3) is 5.91 Å². The summed E-state index contributed by atoms with van der Waals surface area (Å²) >= 11 is 6.35. The molecule has 0 aliphatic carbocycles. The molecule has 54 heavy (non-hydrogen) atoms. The fraction of sp³-hybridized carbons (Fsp3) is 0.290. The molecule has 5 heterocycles. The van der Waals surface area contributed by atoms with Crippen molar-refractivity contribution in [2.75, 3.05) is 29.0 Å². The fourth-order valence-corrected chi connectivity index (χ4v) is 4.93. The summed E-state index contributed by atoms with van der Waals surface area (Å²) in [5, 5.41) is 30.8. The molecule has 6 bridgehead atoms. The second kappa shape index (κ2) is 17.1. The number of aromatic nitrogens is 4. The van der Waals surface area contributed by atoms with E-state index in [-0.39, 0.29) is 23.7 Å². The first-order chi connectivity index (χ1) is 25.3. The number of carbonyl (C=O) groups is 4. The molecule has 0 radical (unpaired) electrons. The number of pyridine rings is 1. The van der Waals surface area contributed by atoms with Crippen molar-refractivity contribution in [2.45, 2.75) is 44.6 Å². The van der Waals surface area contributed by atoms with Crippen molar-refractivity contribution >= 4 is 64.3 Å². The molecule has 16 nitrogen and oxygen atoms in total. The summed E-state index contributed by atoms with van der Waals surface area (Å²) in [6.07, 6.45) is -3.13. The lowest BCUT2D eigenvalue weighted by atomic mass is 10.0. The Kier molecular flexibility index (Phi) is 12.8. The van der Waals surface area contributed by atoms with Gasteiger partial charge in [0.1, 0.15) is 10.8 Å². The van der Waals surface area contributed by atoms with Crippen molar-refractivity contribution in [3.8, 4) is 0 Å². The highest BCUT2D eigenvalue weighted by molar-refractivity contribution is 6.32. The van der Waals surface area contributed by atoms with Crippen LogP contribution in [0.5, 0.6) is 0 Å². The van der Waals surface area contributed by atoms with E-state index in [9.17, 15) is 35.9 Å². The van der Waals surface area contributed by atoms with Gasteiger partial charge in [-0.1, -0.05) is 16.8 Å². The van der Waals surface area contributed by atoms with Crippen LogP contribution in [0.25, 0.3) is 0 Å². The van der Waals surface area contributed by atoms with Crippen LogP contribution in [0.15, 0.2) is 53.4 Å². The van der Waals surface area contributed by atoms with Crippen LogP contribution in [0.2, 0.25) is 5.02 Å². The molecule has 0 unspecified atom stereocenters. The lowest BCUT2D eigenvalue weighted by Crippen LogP contribution is -2.40. The predicted molar refractivity (Wildman–Crippen MR) is 177 cm³/mol. The largest absolute Gasteiger partial charge is 0.490 e. The number of carboxylic acids is 2. The van der Waals surface area contributed by atoms with Crippen LogP contribution in [-0.2, 0) is 22.4 Å². The summed E-state index contributed by atoms with van der Waals surface area (Å²) in [6, 6.07) is 8.74. The van der Waals surface area contributed by atoms with E-state index in [1.807, 2.05) is 30.5 Å². The molecule has 1 atom stereocenters. The molecule has 1 saturated heterocycles. The number of halogens is 7. The molecule has 1 fully saturated rings. The highest BCUT2D eigenvalue weighted by atomic mass is 35.5. The lowest BCUT2D eigenvalue weighted by molar-refractivity contribution is -0.193. The van der Waals surface area contributed by atoms with Crippen LogP contribution in [0.4, 0.5) is 60.0 Å². The van der Waals surface area contributed by atoms with Crippen molar-refractivity contribution in [3.05, 3.63) is 76.5 Å². The van der Waals surface area contributed by atoms with Gasteiger partial charge in [0, 0.05) is 42.8 Å². The summed E-state index contributed by atoms with van der Waals surface area (Å²) < 4.78 is 68.5. The first kappa shape index (κ1) is 40.6. The second-order valence-corrected chi connectivity index (χ2v) is 11.8. The van der Waals surface area contributed by atoms with E-state index in [1.165, 1.54) is 6.20 Å². The third-order valence-corrected chi connectivity index (χ3v) is 7.51. The van der Waals surface area contributed by atoms with Crippen LogP contribution in [-0.4, -0.2) is 90.6 Å². The molecule has 3 aromatic heterocycles. The number of amides is 3. The van der Waals surface area contributed by atoms with E-state index >= 15 is 0 Å². The number of alkyl halides is 6. The molecule has 3 amide bonds. The third kappa shape index (κ3) is 11.7. The summed E-state index contributed by atoms with van der Waals surface area (Å²) in [5.74, 6) is -4.30. The number of hydrogen-bond donors (Lipinski definition) is 6. The molecule has 2 aliphatic rings. The minimum Gasteiger partial charge on any atom is -0.475 e. The quantitative estimate of drug-likeness (QED) is 0.137. The molecule has 6 N–H and O–H groups in total. The zero-order chi connectivity index (χ0) is 39.8. The Balaban J connectivity index is 0.000000396. The van der Waals surface area contributed by atoms with Gasteiger partial charge in [-0.05, 0) is 61.6 Å². The Hall–Kier alpha value is -6.19. The molecule has 0 saturated carbocycles. The SMILES string of the molecule is Cc1cc(C(=O)N2CC[C@H](NC(=O)Nc3ccc4cc3CCc3cncc(c3)Nc3ncc(Cl)c(n3)N4)C2)no1.O=C(O)C(F)(F)F.O=C(O)C(F)(F)F. The van der Waals surface area contributed by atoms with E-state index in [0.29, 0.717) is 60.6 Å². The molecular weight excluding hydrogens is 760 g/mol. The summed E-state index contributed by atoms with van der Waals surface area (Å²) in [5.41, 5.74) is 4.42. The summed E-state index contributed by atoms with van der Waals surface area (Å²) in [7, 11) is 0. The third-order valence-electron chi connectivity index (χ3n) is 7.24. The number of rotatable bonds is 3. The van der Waals surface area contributed by atoms with Gasteiger partial charge in [0.05, 0.1) is 18.1 Å². The minimum absolute atomic E-state index is 0.182. The van der Waals surface area contributed by atoms with Crippen molar-refractivity contribution in [1.82, 2.24) is 30.3 Å². The predicted octanol–water partition coefficient (Wildman–Crippen LogP) is 5.71. The standard InChI is InChI=1S/C27H26ClN9O3.2C2HF3O2/c1-15-8-23(36-40-15)25(38)37-7-6-19(14-37)33-27(39)34-22-5-4-18-10-17(22)3-2-16-9-20(12-29-11-16)32-26-30-13-21(28)24(31-18)35-26;2*3-2(4,5)1(6)7/h4-5,8-13,19H,2-3,6-7,14H2,1H3,(H2,33,34,39)(H2,30,31,32,35);2*(H,6,7)/t19-;;/m0../s1. The number of carboxylic acid groups (broad SMARTS) is 2. The first-order valence-corrected chi connectivity index (χ1v) is 15.7. The van der Waals surface area contributed by atoms with Gasteiger partial charge in [-0.3, -0.25) is 9.78 Å². The Bertz CT molecular complexity index is 1990. The summed E-state index contributed by atoms with van der Waals surface area (Å²) in [6.45, 7) is 2.66. The molecule has 288 valence electrons. The molecular formula is C31H28ClF6N9O7. The number of benzene rings is 1. The Labute approximate surface area is 304 Å². The van der Waals surface area contributed by atoms with Crippen LogP contribution in [0.3, 0.4) is 0 Å². The van der Waals surface area contributed by atoms with Crippen LogP contribution >= 0.6 is 11.6 Å². The molecule has 23 heteroatoms. The number of aryl methyl sites for hydroxylation is 3. The normalized spacial score (nSPS) is 14.8. The molecule has 1 aromatic carbocycles. The first-order valence-electron chi connectivity index (χ1n) is 15.3. The number of aliphatic carboxylic acids is 2. The van der Waals surface area contributed by atoms with E-state index in [4.69, 9.17) is 35.9 Å². The van der Waals surface area contributed by atoms with Gasteiger partial charge in [-0.25, -0.2) is 19.4 Å². The topological polar surface area (TPSA) is 225 Å². The van der Waals surface area contributed by atoms with E-state index in [1.54, 1.807) is 24.1 Å². The van der Waals surface area contributed by atoms with Crippen LogP contribution in [0.1, 0.15) is 33.8 Å². The highest BCUT2D eigenvalue weighted by Gasteiger charge is 2.39. The Morgan fingerprint density at radius 3 is 2.26 bits per heavy atom. The summed E-state index contributed by atoms with van der Waals surface area (Å²) in [4.78, 5) is 58.2. The van der Waals surface area contributed by atoms with Crippen LogP contribution < -0.4 is 21.3 Å². The fourth-order valence-electron chi connectivity index (χ4n) is 4.79. The van der Waals surface area contributed by atoms with Gasteiger partial charge < -0.3 is 40.9 Å². The zero-order valence-corrected chi connectivity index (χ0v) is 28.3.